The van der Waals surface area contributed by atoms with E-state index < -0.39 is 0 Å². The Kier molecular flexibility index (Phi) is 3.67. The van der Waals surface area contributed by atoms with Gasteiger partial charge in [-0.25, -0.2) is 0 Å². The summed E-state index contributed by atoms with van der Waals surface area (Å²) in [4.78, 5) is 15.4. The maximum absolute atomic E-state index is 12.9. The van der Waals surface area contributed by atoms with Crippen LogP contribution >= 0.6 is 0 Å². The highest BCUT2D eigenvalue weighted by Crippen LogP contribution is 2.66. The average molecular weight is 305 g/mol. The van der Waals surface area contributed by atoms with Gasteiger partial charge in [0.25, 0.3) is 0 Å². The van der Waals surface area contributed by atoms with Crippen LogP contribution in [0.5, 0.6) is 0 Å². The number of piperidine rings is 1. The number of methoxy groups -OCH3 is 1. The average Bonchev–Trinajstić information content (AvgIpc) is 2.98. The Hall–Kier alpha value is -0.710. The van der Waals surface area contributed by atoms with Crippen LogP contribution in [0.3, 0.4) is 0 Å². The van der Waals surface area contributed by atoms with Gasteiger partial charge in [-0.1, -0.05) is 6.08 Å². The molecule has 4 rings (SSSR count). The van der Waals surface area contributed by atoms with E-state index in [-0.39, 0.29) is 11.5 Å². The third-order valence-corrected chi connectivity index (χ3v) is 6.85. The Morgan fingerprint density at radius 2 is 2.32 bits per heavy atom. The van der Waals surface area contributed by atoms with E-state index in [1.54, 1.807) is 7.11 Å². The lowest BCUT2D eigenvalue weighted by molar-refractivity contribution is -0.132. The molecular weight excluding hydrogens is 278 g/mol. The van der Waals surface area contributed by atoms with Crippen LogP contribution in [0.1, 0.15) is 25.7 Å². The van der Waals surface area contributed by atoms with Gasteiger partial charge in [-0.2, -0.15) is 0 Å². The van der Waals surface area contributed by atoms with Crippen molar-refractivity contribution in [2.75, 3.05) is 34.0 Å². The van der Waals surface area contributed by atoms with Crippen molar-refractivity contribution < 1.29 is 14.3 Å². The Labute approximate surface area is 132 Å². The number of ketones is 1. The lowest BCUT2D eigenvalue weighted by atomic mass is 9.65. The predicted molar refractivity (Wildman–Crippen MR) is 83.3 cm³/mol. The van der Waals surface area contributed by atoms with Gasteiger partial charge in [-0.05, 0) is 63.1 Å². The molecule has 0 aromatic heterocycles. The summed E-state index contributed by atoms with van der Waals surface area (Å²) < 4.78 is 11.2. The predicted octanol–water partition coefficient (Wildman–Crippen LogP) is 2.10. The van der Waals surface area contributed by atoms with Crippen molar-refractivity contribution in [2.45, 2.75) is 31.8 Å². The third-order valence-electron chi connectivity index (χ3n) is 6.85. The summed E-state index contributed by atoms with van der Waals surface area (Å²) in [5, 5.41) is 0. The summed E-state index contributed by atoms with van der Waals surface area (Å²) in [6.45, 7) is 2.64. The number of carbonyl (C=O) groups is 1. The molecule has 0 N–H and O–H groups in total. The molecule has 1 spiro atoms. The van der Waals surface area contributed by atoms with Crippen LogP contribution in [0.4, 0.5) is 0 Å². The van der Waals surface area contributed by atoms with Gasteiger partial charge in [0.1, 0.15) is 6.79 Å². The minimum absolute atomic E-state index is 0.131. The van der Waals surface area contributed by atoms with Crippen LogP contribution in [0.2, 0.25) is 0 Å². The van der Waals surface area contributed by atoms with Gasteiger partial charge in [0, 0.05) is 25.0 Å². The van der Waals surface area contributed by atoms with Gasteiger partial charge in [0.2, 0.25) is 0 Å². The number of rotatable bonds is 3. The molecule has 0 aromatic rings. The molecule has 22 heavy (non-hydrogen) atoms. The van der Waals surface area contributed by atoms with Crippen LogP contribution in [0.15, 0.2) is 12.2 Å². The largest absolute Gasteiger partial charge is 0.359 e. The molecule has 0 bridgehead atoms. The SMILES string of the molecule is COCO[C@@H]1C[C@@H]2CC=CC(=O)[C@@]23C[C@@H]2CN(C)CC[C@@H]2[C@@H]13. The van der Waals surface area contributed by atoms with E-state index in [9.17, 15) is 4.79 Å². The maximum Gasteiger partial charge on any atom is 0.162 e. The maximum atomic E-state index is 12.9. The molecule has 3 aliphatic carbocycles. The van der Waals surface area contributed by atoms with Gasteiger partial charge in [-0.15, -0.1) is 0 Å². The number of likely N-dealkylation sites (tertiary alicyclic amines) is 1. The van der Waals surface area contributed by atoms with Gasteiger partial charge in [-0.3, -0.25) is 4.79 Å². The first-order valence-corrected chi connectivity index (χ1v) is 8.67. The van der Waals surface area contributed by atoms with E-state index in [1.165, 1.54) is 6.42 Å². The smallest absolute Gasteiger partial charge is 0.162 e. The minimum Gasteiger partial charge on any atom is -0.359 e. The fraction of sp³-hybridized carbons (Fsp3) is 0.833. The molecule has 0 aromatic carbocycles. The molecule has 4 aliphatic rings. The van der Waals surface area contributed by atoms with Gasteiger partial charge in [0.15, 0.2) is 5.78 Å². The molecule has 4 nitrogen and oxygen atoms in total. The molecule has 2 saturated carbocycles. The third kappa shape index (κ3) is 1.97. The second kappa shape index (κ2) is 5.43. The van der Waals surface area contributed by atoms with Crippen molar-refractivity contribution >= 4 is 5.78 Å². The normalized spacial score (nSPS) is 47.4. The zero-order chi connectivity index (χ0) is 15.3. The summed E-state index contributed by atoms with van der Waals surface area (Å²) in [7, 11) is 3.89. The number of hydrogen-bond acceptors (Lipinski definition) is 4. The molecule has 0 unspecified atom stereocenters. The topological polar surface area (TPSA) is 38.8 Å². The molecule has 1 saturated heterocycles. The van der Waals surface area contributed by atoms with E-state index in [1.807, 2.05) is 6.08 Å². The van der Waals surface area contributed by atoms with E-state index >= 15 is 0 Å². The number of hydrogen-bond donors (Lipinski definition) is 0. The van der Waals surface area contributed by atoms with E-state index in [4.69, 9.17) is 9.47 Å². The summed E-state index contributed by atoms with van der Waals surface area (Å²) in [5.74, 6) is 2.58. The van der Waals surface area contributed by atoms with Gasteiger partial charge >= 0.3 is 0 Å². The van der Waals surface area contributed by atoms with Crippen molar-refractivity contribution in [3.8, 4) is 0 Å². The number of ether oxygens (including phenoxy) is 2. The second-order valence-electron chi connectivity index (χ2n) is 7.79. The number of allylic oxidation sites excluding steroid dienone is 2. The summed E-state index contributed by atoms with van der Waals surface area (Å²) in [6.07, 6.45) is 8.52. The first kappa shape index (κ1) is 14.9. The van der Waals surface area contributed by atoms with E-state index in [0.29, 0.717) is 36.2 Å². The summed E-state index contributed by atoms with van der Waals surface area (Å²) in [5.41, 5.74) is -0.131. The Morgan fingerprint density at radius 3 is 3.14 bits per heavy atom. The van der Waals surface area contributed by atoms with Crippen LogP contribution in [0.25, 0.3) is 0 Å². The second-order valence-corrected chi connectivity index (χ2v) is 7.79. The van der Waals surface area contributed by atoms with Crippen molar-refractivity contribution in [3.05, 3.63) is 12.2 Å². The molecule has 0 amide bonds. The highest BCUT2D eigenvalue weighted by Gasteiger charge is 2.67. The van der Waals surface area contributed by atoms with Crippen molar-refractivity contribution in [2.24, 2.45) is 29.1 Å². The first-order valence-electron chi connectivity index (χ1n) is 8.67. The molecule has 122 valence electrons. The standard InChI is InChI=1S/C18H27NO3/c1-19-7-6-14-12(10-19)9-18-13(4-3-5-16(18)20)8-15(17(14)18)22-11-21-2/h3,5,12-15,17H,4,6-11H2,1-2H3/t12-,13+,14+,15-,17+,18-/m1/s1. The Morgan fingerprint density at radius 1 is 1.45 bits per heavy atom. The highest BCUT2D eigenvalue weighted by molar-refractivity contribution is 5.97. The molecule has 6 atom stereocenters. The van der Waals surface area contributed by atoms with Crippen LogP contribution in [-0.4, -0.2) is 50.8 Å². The zero-order valence-electron chi connectivity index (χ0n) is 13.7. The number of nitrogens with zero attached hydrogens (tertiary/aromatic N) is 1. The Bertz CT molecular complexity index is 491. The fourth-order valence-corrected chi connectivity index (χ4v) is 6.15. The van der Waals surface area contributed by atoms with Crippen molar-refractivity contribution in [1.82, 2.24) is 4.90 Å². The first-order chi connectivity index (χ1) is 10.7. The molecule has 3 fully saturated rings. The minimum atomic E-state index is -0.131. The lowest BCUT2D eigenvalue weighted by Crippen LogP contribution is -2.42. The zero-order valence-corrected chi connectivity index (χ0v) is 13.7. The van der Waals surface area contributed by atoms with E-state index in [0.717, 1.165) is 32.4 Å². The quantitative estimate of drug-likeness (QED) is 0.749. The fourth-order valence-electron chi connectivity index (χ4n) is 6.15. The molecule has 0 radical (unpaired) electrons. The summed E-state index contributed by atoms with van der Waals surface area (Å²) >= 11 is 0. The van der Waals surface area contributed by atoms with E-state index in [2.05, 4.69) is 18.0 Å². The van der Waals surface area contributed by atoms with Crippen molar-refractivity contribution in [1.29, 1.82) is 0 Å². The molecule has 1 aliphatic heterocycles. The summed E-state index contributed by atoms with van der Waals surface area (Å²) in [6, 6.07) is 0. The van der Waals surface area contributed by atoms with Gasteiger partial charge in [0.05, 0.1) is 6.10 Å². The van der Waals surface area contributed by atoms with Crippen LogP contribution < -0.4 is 0 Å². The number of fused-ring (bicyclic) bond motifs is 2. The monoisotopic (exact) mass is 305 g/mol. The molecule has 4 heteroatoms. The van der Waals surface area contributed by atoms with Crippen molar-refractivity contribution in [3.63, 3.8) is 0 Å². The van der Waals surface area contributed by atoms with Crippen LogP contribution in [0, 0.1) is 29.1 Å². The van der Waals surface area contributed by atoms with Crippen LogP contribution in [-0.2, 0) is 14.3 Å². The number of carbonyl (C=O) groups excluding carboxylic acids is 1. The van der Waals surface area contributed by atoms with Gasteiger partial charge < -0.3 is 14.4 Å². The Balaban J connectivity index is 1.69. The molecule has 1 heterocycles. The lowest BCUT2D eigenvalue weighted by Gasteiger charge is -2.38. The molecular formula is C18H27NO3. The highest BCUT2D eigenvalue weighted by atomic mass is 16.7.